The summed E-state index contributed by atoms with van der Waals surface area (Å²) in [5, 5.41) is 4.77. The van der Waals surface area contributed by atoms with Gasteiger partial charge in [0, 0.05) is 17.5 Å². The predicted octanol–water partition coefficient (Wildman–Crippen LogP) is 2.91. The SMILES string of the molecule is NC1CCCC1c1nc(Cc2ccc(Cl)cc2)no1. The molecule has 1 aliphatic carbocycles. The molecule has 2 N–H and O–H groups in total. The lowest BCUT2D eigenvalue weighted by molar-refractivity contribution is 0.342. The smallest absolute Gasteiger partial charge is 0.231 e. The van der Waals surface area contributed by atoms with E-state index in [1.165, 1.54) is 0 Å². The van der Waals surface area contributed by atoms with Crippen LogP contribution >= 0.6 is 11.6 Å². The summed E-state index contributed by atoms with van der Waals surface area (Å²) in [6.07, 6.45) is 3.88. The molecule has 100 valence electrons. The van der Waals surface area contributed by atoms with Crippen molar-refractivity contribution in [1.82, 2.24) is 10.1 Å². The lowest BCUT2D eigenvalue weighted by Gasteiger charge is -2.08. The third-order valence-corrected chi connectivity index (χ3v) is 3.90. The average molecular weight is 278 g/mol. The van der Waals surface area contributed by atoms with Gasteiger partial charge in [-0.05, 0) is 30.5 Å². The molecule has 1 aliphatic rings. The Bertz CT molecular complexity index is 552. The minimum atomic E-state index is 0.156. The molecule has 4 nitrogen and oxygen atoms in total. The maximum absolute atomic E-state index is 6.05. The summed E-state index contributed by atoms with van der Waals surface area (Å²) < 4.78 is 5.35. The Labute approximate surface area is 117 Å². The molecule has 1 saturated carbocycles. The Morgan fingerprint density at radius 1 is 1.26 bits per heavy atom. The third kappa shape index (κ3) is 2.80. The fourth-order valence-electron chi connectivity index (χ4n) is 2.57. The maximum atomic E-state index is 6.05. The van der Waals surface area contributed by atoms with E-state index in [2.05, 4.69) is 10.1 Å². The quantitative estimate of drug-likeness (QED) is 0.937. The Morgan fingerprint density at radius 3 is 2.74 bits per heavy atom. The monoisotopic (exact) mass is 277 g/mol. The van der Waals surface area contributed by atoms with Crippen LogP contribution in [0.5, 0.6) is 0 Å². The van der Waals surface area contributed by atoms with Crippen LogP contribution in [0.2, 0.25) is 5.02 Å². The molecule has 0 amide bonds. The molecule has 0 bridgehead atoms. The van der Waals surface area contributed by atoms with Crippen LogP contribution in [0.15, 0.2) is 28.8 Å². The zero-order chi connectivity index (χ0) is 13.2. The fourth-order valence-corrected chi connectivity index (χ4v) is 2.70. The lowest BCUT2D eigenvalue weighted by atomic mass is 10.1. The fraction of sp³-hybridized carbons (Fsp3) is 0.429. The average Bonchev–Trinajstić information content (AvgIpc) is 3.01. The number of rotatable bonds is 3. The largest absolute Gasteiger partial charge is 0.339 e. The summed E-state index contributed by atoms with van der Waals surface area (Å²) in [7, 11) is 0. The van der Waals surface area contributed by atoms with Gasteiger partial charge in [0.2, 0.25) is 5.89 Å². The summed E-state index contributed by atoms with van der Waals surface area (Å²) in [6.45, 7) is 0. The number of aromatic nitrogens is 2. The van der Waals surface area contributed by atoms with Gasteiger partial charge < -0.3 is 10.3 Å². The van der Waals surface area contributed by atoms with Gasteiger partial charge in [0.1, 0.15) is 0 Å². The van der Waals surface area contributed by atoms with Gasteiger partial charge in [0.05, 0.1) is 5.92 Å². The molecule has 2 aromatic rings. The summed E-state index contributed by atoms with van der Waals surface area (Å²) in [5.74, 6) is 1.62. The van der Waals surface area contributed by atoms with E-state index in [0.717, 1.165) is 29.8 Å². The van der Waals surface area contributed by atoms with Crippen molar-refractivity contribution in [3.05, 3.63) is 46.6 Å². The Morgan fingerprint density at radius 2 is 2.05 bits per heavy atom. The minimum Gasteiger partial charge on any atom is -0.339 e. The van der Waals surface area contributed by atoms with E-state index in [1.54, 1.807) is 0 Å². The van der Waals surface area contributed by atoms with Crippen LogP contribution in [-0.2, 0) is 6.42 Å². The molecule has 1 aromatic heterocycles. The van der Waals surface area contributed by atoms with E-state index < -0.39 is 0 Å². The highest BCUT2D eigenvalue weighted by Gasteiger charge is 2.30. The first kappa shape index (κ1) is 12.6. The Kier molecular flexibility index (Phi) is 3.53. The highest BCUT2D eigenvalue weighted by molar-refractivity contribution is 6.30. The lowest BCUT2D eigenvalue weighted by Crippen LogP contribution is -2.22. The Balaban J connectivity index is 1.72. The van der Waals surface area contributed by atoms with Gasteiger partial charge >= 0.3 is 0 Å². The second kappa shape index (κ2) is 5.31. The topological polar surface area (TPSA) is 64.9 Å². The van der Waals surface area contributed by atoms with Crippen molar-refractivity contribution < 1.29 is 4.52 Å². The molecule has 3 rings (SSSR count). The van der Waals surface area contributed by atoms with E-state index in [-0.39, 0.29) is 12.0 Å². The normalized spacial score (nSPS) is 22.8. The number of hydrogen-bond donors (Lipinski definition) is 1. The number of hydrogen-bond acceptors (Lipinski definition) is 4. The van der Waals surface area contributed by atoms with E-state index in [4.69, 9.17) is 21.9 Å². The molecule has 2 atom stereocenters. The van der Waals surface area contributed by atoms with Crippen LogP contribution in [-0.4, -0.2) is 16.2 Å². The van der Waals surface area contributed by atoms with Crippen molar-refractivity contribution in [2.45, 2.75) is 37.6 Å². The molecule has 2 unspecified atom stereocenters. The molecule has 1 heterocycles. The zero-order valence-electron chi connectivity index (χ0n) is 10.6. The van der Waals surface area contributed by atoms with Crippen LogP contribution in [0, 0.1) is 0 Å². The van der Waals surface area contributed by atoms with Crippen LogP contribution in [0.25, 0.3) is 0 Å². The number of nitrogens with two attached hydrogens (primary N) is 1. The summed E-state index contributed by atoms with van der Waals surface area (Å²) in [5.41, 5.74) is 7.17. The molecule has 0 spiro atoms. The molecule has 1 aromatic carbocycles. The van der Waals surface area contributed by atoms with Gasteiger partial charge in [-0.15, -0.1) is 0 Å². The van der Waals surface area contributed by atoms with Gasteiger partial charge in [-0.3, -0.25) is 0 Å². The predicted molar refractivity (Wildman–Crippen MR) is 73.1 cm³/mol. The number of halogens is 1. The molecular formula is C14H16ClN3O. The Hall–Kier alpha value is -1.39. The zero-order valence-corrected chi connectivity index (χ0v) is 11.3. The van der Waals surface area contributed by atoms with Crippen molar-refractivity contribution in [2.75, 3.05) is 0 Å². The highest BCUT2D eigenvalue weighted by Crippen LogP contribution is 2.32. The highest BCUT2D eigenvalue weighted by atomic mass is 35.5. The van der Waals surface area contributed by atoms with E-state index in [9.17, 15) is 0 Å². The molecule has 0 saturated heterocycles. The van der Waals surface area contributed by atoms with Crippen LogP contribution < -0.4 is 5.73 Å². The van der Waals surface area contributed by atoms with Gasteiger partial charge in [-0.1, -0.05) is 35.3 Å². The van der Waals surface area contributed by atoms with Gasteiger partial charge in [0.25, 0.3) is 0 Å². The number of benzene rings is 1. The van der Waals surface area contributed by atoms with Crippen molar-refractivity contribution in [3.63, 3.8) is 0 Å². The van der Waals surface area contributed by atoms with Crippen molar-refractivity contribution in [1.29, 1.82) is 0 Å². The number of nitrogens with zero attached hydrogens (tertiary/aromatic N) is 2. The van der Waals surface area contributed by atoms with Crippen molar-refractivity contribution in [2.24, 2.45) is 5.73 Å². The van der Waals surface area contributed by atoms with Crippen LogP contribution in [0.3, 0.4) is 0 Å². The van der Waals surface area contributed by atoms with Crippen molar-refractivity contribution in [3.8, 4) is 0 Å². The summed E-state index contributed by atoms with van der Waals surface area (Å²) in [4.78, 5) is 4.47. The first-order valence-electron chi connectivity index (χ1n) is 6.55. The molecule has 1 fully saturated rings. The van der Waals surface area contributed by atoms with Crippen LogP contribution in [0.1, 0.15) is 42.5 Å². The molecular weight excluding hydrogens is 262 g/mol. The summed E-state index contributed by atoms with van der Waals surface area (Å²) in [6, 6.07) is 7.83. The molecule has 19 heavy (non-hydrogen) atoms. The van der Waals surface area contributed by atoms with Gasteiger partial charge in [-0.25, -0.2) is 0 Å². The first-order valence-corrected chi connectivity index (χ1v) is 6.92. The second-order valence-electron chi connectivity index (χ2n) is 5.05. The van der Waals surface area contributed by atoms with Crippen LogP contribution in [0.4, 0.5) is 0 Å². The molecule has 5 heteroatoms. The first-order chi connectivity index (χ1) is 9.22. The van der Waals surface area contributed by atoms with Gasteiger partial charge in [-0.2, -0.15) is 4.98 Å². The van der Waals surface area contributed by atoms with Gasteiger partial charge in [0.15, 0.2) is 5.82 Å². The molecule has 0 aliphatic heterocycles. The minimum absolute atomic E-state index is 0.156. The van der Waals surface area contributed by atoms with E-state index >= 15 is 0 Å². The van der Waals surface area contributed by atoms with E-state index in [1.807, 2.05) is 24.3 Å². The summed E-state index contributed by atoms with van der Waals surface area (Å²) >= 11 is 5.86. The third-order valence-electron chi connectivity index (χ3n) is 3.65. The standard InChI is InChI=1S/C14H16ClN3O/c15-10-6-4-9(5-7-10)8-13-17-14(19-18-13)11-2-1-3-12(11)16/h4-7,11-12H,1-3,8,16H2. The van der Waals surface area contributed by atoms with Crippen molar-refractivity contribution >= 4 is 11.6 Å². The van der Waals surface area contributed by atoms with E-state index in [0.29, 0.717) is 18.1 Å². The molecule has 0 radical (unpaired) electrons. The maximum Gasteiger partial charge on any atom is 0.231 e. The second-order valence-corrected chi connectivity index (χ2v) is 5.49.